The van der Waals surface area contributed by atoms with Gasteiger partial charge in [0, 0.05) is 32.7 Å². The van der Waals surface area contributed by atoms with Gasteiger partial charge >= 0.3 is 0 Å². The van der Waals surface area contributed by atoms with Gasteiger partial charge in [-0.15, -0.1) is 12.4 Å². The summed E-state index contributed by atoms with van der Waals surface area (Å²) in [6.07, 6.45) is 1.05. The molecule has 17 heavy (non-hydrogen) atoms. The molecule has 2 unspecified atom stereocenters. The summed E-state index contributed by atoms with van der Waals surface area (Å²) in [7, 11) is 1.71. The summed E-state index contributed by atoms with van der Waals surface area (Å²) in [4.78, 5) is 14.0. The molecule has 2 fully saturated rings. The molecule has 100 valence electrons. The molecule has 0 aromatic rings. The Balaban J connectivity index is 0.00000144. The molecular weight excluding hydrogens is 244 g/mol. The summed E-state index contributed by atoms with van der Waals surface area (Å²) >= 11 is 0. The van der Waals surface area contributed by atoms with Crippen LogP contribution in [-0.2, 0) is 14.3 Å². The van der Waals surface area contributed by atoms with Crippen LogP contribution in [0.3, 0.4) is 0 Å². The van der Waals surface area contributed by atoms with Crippen molar-refractivity contribution in [2.75, 3.05) is 46.6 Å². The van der Waals surface area contributed by atoms with E-state index in [0.717, 1.165) is 32.7 Å². The van der Waals surface area contributed by atoms with Crippen molar-refractivity contribution in [3.05, 3.63) is 0 Å². The minimum Gasteiger partial charge on any atom is -0.384 e. The van der Waals surface area contributed by atoms with Crippen molar-refractivity contribution in [3.63, 3.8) is 0 Å². The fourth-order valence-corrected chi connectivity index (χ4v) is 2.35. The number of ether oxygens (including phenoxy) is 2. The maximum atomic E-state index is 12.1. The highest BCUT2D eigenvalue weighted by Crippen LogP contribution is 2.17. The largest absolute Gasteiger partial charge is 0.384 e. The third kappa shape index (κ3) is 3.81. The highest BCUT2D eigenvalue weighted by molar-refractivity contribution is 5.85. The molecule has 0 aromatic carbocycles. The van der Waals surface area contributed by atoms with E-state index in [1.165, 1.54) is 0 Å². The summed E-state index contributed by atoms with van der Waals surface area (Å²) in [5.41, 5.74) is 0. The van der Waals surface area contributed by atoms with Crippen LogP contribution in [-0.4, -0.2) is 63.4 Å². The molecule has 1 N–H and O–H groups in total. The number of rotatable bonds is 3. The number of methoxy groups -OCH3 is 1. The third-order valence-electron chi connectivity index (χ3n) is 3.22. The lowest BCUT2D eigenvalue weighted by Crippen LogP contribution is -2.52. The van der Waals surface area contributed by atoms with E-state index in [-0.39, 0.29) is 24.4 Å². The summed E-state index contributed by atoms with van der Waals surface area (Å²) in [5, 5.41) is 3.20. The van der Waals surface area contributed by atoms with Gasteiger partial charge in [-0.25, -0.2) is 0 Å². The number of nitrogens with one attached hydrogen (secondary N) is 1. The number of nitrogens with zero attached hydrogens (tertiary/aromatic N) is 1. The molecule has 0 bridgehead atoms. The Labute approximate surface area is 108 Å². The van der Waals surface area contributed by atoms with Crippen molar-refractivity contribution in [2.45, 2.75) is 12.5 Å². The molecule has 0 spiro atoms. The smallest absolute Gasteiger partial charge is 0.242 e. The average Bonchev–Trinajstić information content (AvgIpc) is 2.78. The first-order valence-electron chi connectivity index (χ1n) is 5.90. The fraction of sp³-hybridized carbons (Fsp3) is 0.909. The van der Waals surface area contributed by atoms with Crippen LogP contribution in [0.4, 0.5) is 0 Å². The second-order valence-electron chi connectivity index (χ2n) is 4.48. The van der Waals surface area contributed by atoms with Crippen LogP contribution >= 0.6 is 12.4 Å². The number of carbonyl (C=O) groups is 1. The summed E-state index contributed by atoms with van der Waals surface area (Å²) < 4.78 is 10.4. The molecule has 0 aromatic heterocycles. The molecule has 5 nitrogen and oxygen atoms in total. The molecule has 0 aliphatic carbocycles. The van der Waals surface area contributed by atoms with Crippen LogP contribution in [0, 0.1) is 5.92 Å². The summed E-state index contributed by atoms with van der Waals surface area (Å²) in [6.45, 7) is 4.40. The average molecular weight is 265 g/mol. The normalized spacial score (nSPS) is 28.9. The molecule has 1 amide bonds. The van der Waals surface area contributed by atoms with E-state index >= 15 is 0 Å². The van der Waals surface area contributed by atoms with E-state index in [0.29, 0.717) is 19.1 Å². The van der Waals surface area contributed by atoms with E-state index in [1.807, 2.05) is 4.90 Å². The zero-order valence-corrected chi connectivity index (χ0v) is 11.0. The van der Waals surface area contributed by atoms with Crippen molar-refractivity contribution >= 4 is 18.3 Å². The Hall–Kier alpha value is -0.360. The lowest BCUT2D eigenvalue weighted by atomic mass is 10.1. The topological polar surface area (TPSA) is 50.8 Å². The van der Waals surface area contributed by atoms with Crippen LogP contribution in [0.2, 0.25) is 0 Å². The maximum absolute atomic E-state index is 12.1. The number of morpholine rings is 1. The second-order valence-corrected chi connectivity index (χ2v) is 4.48. The molecule has 2 aliphatic rings. The van der Waals surface area contributed by atoms with Crippen molar-refractivity contribution in [1.29, 1.82) is 0 Å². The quantitative estimate of drug-likeness (QED) is 0.773. The SMILES string of the molecule is COCC1CCN(C(=O)C2COCCN2)C1.Cl. The number of hydrogen-bond acceptors (Lipinski definition) is 4. The Morgan fingerprint density at radius 1 is 1.59 bits per heavy atom. The highest BCUT2D eigenvalue weighted by atomic mass is 35.5. The van der Waals surface area contributed by atoms with Crippen LogP contribution in [0.25, 0.3) is 0 Å². The Morgan fingerprint density at radius 2 is 2.41 bits per heavy atom. The standard InChI is InChI=1S/C11H20N2O3.ClH/c1-15-7-9-2-4-13(6-9)11(14)10-8-16-5-3-12-10;/h9-10,12H,2-8H2,1H3;1H. The number of hydrogen-bond donors (Lipinski definition) is 1. The summed E-state index contributed by atoms with van der Waals surface area (Å²) in [6, 6.07) is -0.143. The molecule has 0 saturated carbocycles. The predicted molar refractivity (Wildman–Crippen MR) is 66.4 cm³/mol. The van der Waals surface area contributed by atoms with E-state index in [9.17, 15) is 4.79 Å². The first-order chi connectivity index (χ1) is 7.81. The van der Waals surface area contributed by atoms with Gasteiger partial charge < -0.3 is 19.7 Å². The molecule has 6 heteroatoms. The minimum absolute atomic E-state index is 0. The third-order valence-corrected chi connectivity index (χ3v) is 3.22. The Kier molecular flexibility index (Phi) is 6.19. The lowest BCUT2D eigenvalue weighted by molar-refractivity contribution is -0.135. The van der Waals surface area contributed by atoms with E-state index in [1.54, 1.807) is 7.11 Å². The number of likely N-dealkylation sites (tertiary alicyclic amines) is 1. The number of carbonyl (C=O) groups excluding carboxylic acids is 1. The van der Waals surface area contributed by atoms with Crippen molar-refractivity contribution < 1.29 is 14.3 Å². The van der Waals surface area contributed by atoms with Crippen LogP contribution in [0.1, 0.15) is 6.42 Å². The monoisotopic (exact) mass is 264 g/mol. The van der Waals surface area contributed by atoms with Crippen molar-refractivity contribution in [1.82, 2.24) is 10.2 Å². The van der Waals surface area contributed by atoms with Gasteiger partial charge in [0.15, 0.2) is 0 Å². The second kappa shape index (κ2) is 7.16. The number of halogens is 1. The molecule has 2 aliphatic heterocycles. The van der Waals surface area contributed by atoms with Crippen LogP contribution in [0.15, 0.2) is 0 Å². The Morgan fingerprint density at radius 3 is 3.06 bits per heavy atom. The highest BCUT2D eigenvalue weighted by Gasteiger charge is 2.31. The fourth-order valence-electron chi connectivity index (χ4n) is 2.35. The van der Waals surface area contributed by atoms with Gasteiger partial charge in [-0.3, -0.25) is 4.79 Å². The first kappa shape index (κ1) is 14.7. The molecule has 2 heterocycles. The molecule has 2 rings (SSSR count). The zero-order chi connectivity index (χ0) is 11.4. The van der Waals surface area contributed by atoms with E-state index in [4.69, 9.17) is 9.47 Å². The van der Waals surface area contributed by atoms with Gasteiger partial charge in [0.25, 0.3) is 0 Å². The number of amides is 1. The molecule has 2 saturated heterocycles. The van der Waals surface area contributed by atoms with Crippen molar-refractivity contribution in [2.24, 2.45) is 5.92 Å². The van der Waals surface area contributed by atoms with Crippen LogP contribution in [0.5, 0.6) is 0 Å². The van der Waals surface area contributed by atoms with Gasteiger partial charge in [0.2, 0.25) is 5.91 Å². The first-order valence-corrected chi connectivity index (χ1v) is 5.90. The minimum atomic E-state index is -0.143. The predicted octanol–water partition coefficient (Wildman–Crippen LogP) is -0.108. The molecule has 0 radical (unpaired) electrons. The van der Waals surface area contributed by atoms with Gasteiger partial charge in [0.1, 0.15) is 6.04 Å². The molecular formula is C11H21ClN2O3. The van der Waals surface area contributed by atoms with E-state index < -0.39 is 0 Å². The zero-order valence-electron chi connectivity index (χ0n) is 10.2. The van der Waals surface area contributed by atoms with Gasteiger partial charge in [0.05, 0.1) is 19.8 Å². The van der Waals surface area contributed by atoms with Gasteiger partial charge in [-0.05, 0) is 6.42 Å². The van der Waals surface area contributed by atoms with Gasteiger partial charge in [-0.2, -0.15) is 0 Å². The maximum Gasteiger partial charge on any atom is 0.242 e. The van der Waals surface area contributed by atoms with Crippen molar-refractivity contribution in [3.8, 4) is 0 Å². The van der Waals surface area contributed by atoms with Crippen LogP contribution < -0.4 is 5.32 Å². The Bertz CT molecular complexity index is 247. The molecule has 2 atom stereocenters. The van der Waals surface area contributed by atoms with Gasteiger partial charge in [-0.1, -0.05) is 0 Å². The lowest BCUT2D eigenvalue weighted by Gasteiger charge is -2.27. The van der Waals surface area contributed by atoms with E-state index in [2.05, 4.69) is 5.32 Å². The summed E-state index contributed by atoms with van der Waals surface area (Å²) in [5.74, 6) is 0.678.